The number of nitrogens with zero attached hydrogens (tertiary/aromatic N) is 3. The average molecular weight is 388 g/mol. The summed E-state index contributed by atoms with van der Waals surface area (Å²) < 4.78 is 24.6. The van der Waals surface area contributed by atoms with Gasteiger partial charge in [0.2, 0.25) is 5.91 Å². The first-order chi connectivity index (χ1) is 12.8. The molecule has 1 amide bonds. The highest BCUT2D eigenvalue weighted by atomic mass is 32.2. The number of anilines is 1. The molecule has 0 saturated carbocycles. The van der Waals surface area contributed by atoms with Crippen molar-refractivity contribution < 1.29 is 13.2 Å². The standard InChI is InChI=1S/C19H24N4O3S/c1-15(24)20-13-4-14-27(25,26)19-11-7-17(8-12-19)22-21-16-5-9-18(10-6-16)23(2)3/h5-12H,4,13-14H2,1-3H3,(H,20,24). The summed E-state index contributed by atoms with van der Waals surface area (Å²) in [7, 11) is 0.545. The van der Waals surface area contributed by atoms with Crippen molar-refractivity contribution in [3.05, 3.63) is 48.5 Å². The molecule has 8 heteroatoms. The van der Waals surface area contributed by atoms with E-state index in [1.165, 1.54) is 19.1 Å². The highest BCUT2D eigenvalue weighted by molar-refractivity contribution is 7.91. The molecule has 0 fully saturated rings. The second-order valence-corrected chi connectivity index (χ2v) is 8.37. The Morgan fingerprint density at radius 3 is 1.96 bits per heavy atom. The zero-order valence-corrected chi connectivity index (χ0v) is 16.5. The molecule has 0 aliphatic heterocycles. The van der Waals surface area contributed by atoms with Crippen molar-refractivity contribution in [2.75, 3.05) is 31.3 Å². The minimum atomic E-state index is -3.38. The number of carbonyl (C=O) groups is 1. The van der Waals surface area contributed by atoms with E-state index >= 15 is 0 Å². The van der Waals surface area contributed by atoms with Crippen LogP contribution < -0.4 is 10.2 Å². The van der Waals surface area contributed by atoms with Crippen LogP contribution in [0.3, 0.4) is 0 Å². The Balaban J connectivity index is 1.98. The van der Waals surface area contributed by atoms with Gasteiger partial charge in [-0.1, -0.05) is 0 Å². The average Bonchev–Trinajstić information content (AvgIpc) is 2.64. The predicted octanol–water partition coefficient (Wildman–Crippen LogP) is 3.47. The van der Waals surface area contributed by atoms with Crippen LogP contribution >= 0.6 is 0 Å². The van der Waals surface area contributed by atoms with Crippen molar-refractivity contribution >= 4 is 32.8 Å². The van der Waals surface area contributed by atoms with Crippen molar-refractivity contribution in [3.63, 3.8) is 0 Å². The number of hydrogen-bond donors (Lipinski definition) is 1. The van der Waals surface area contributed by atoms with Crippen LogP contribution in [-0.4, -0.2) is 40.7 Å². The van der Waals surface area contributed by atoms with Crippen LogP contribution in [0.1, 0.15) is 13.3 Å². The molecule has 0 spiro atoms. The molecule has 0 aromatic heterocycles. The Labute approximate surface area is 160 Å². The first-order valence-electron chi connectivity index (χ1n) is 8.54. The van der Waals surface area contributed by atoms with Gasteiger partial charge in [-0.3, -0.25) is 4.79 Å². The number of benzene rings is 2. The molecule has 2 aromatic carbocycles. The lowest BCUT2D eigenvalue weighted by molar-refractivity contribution is -0.118. The van der Waals surface area contributed by atoms with Gasteiger partial charge in [0.15, 0.2) is 9.84 Å². The Bertz CT molecular complexity index is 890. The molecular weight excluding hydrogens is 364 g/mol. The zero-order chi connectivity index (χ0) is 19.9. The summed E-state index contributed by atoms with van der Waals surface area (Å²) in [4.78, 5) is 13.0. The Morgan fingerprint density at radius 2 is 1.48 bits per heavy atom. The largest absolute Gasteiger partial charge is 0.378 e. The molecule has 0 unspecified atom stereocenters. The molecule has 0 aliphatic carbocycles. The quantitative estimate of drug-likeness (QED) is 0.554. The highest BCUT2D eigenvalue weighted by Gasteiger charge is 2.13. The van der Waals surface area contributed by atoms with Gasteiger partial charge in [0.05, 0.1) is 22.0 Å². The lowest BCUT2D eigenvalue weighted by Gasteiger charge is -2.11. The molecule has 144 valence electrons. The maximum atomic E-state index is 12.3. The molecule has 0 aliphatic rings. The number of rotatable bonds is 8. The van der Waals surface area contributed by atoms with Crippen molar-refractivity contribution in [2.24, 2.45) is 10.2 Å². The number of hydrogen-bond acceptors (Lipinski definition) is 6. The van der Waals surface area contributed by atoms with Gasteiger partial charge in [-0.15, -0.1) is 0 Å². The van der Waals surface area contributed by atoms with Gasteiger partial charge in [-0.25, -0.2) is 8.42 Å². The maximum Gasteiger partial charge on any atom is 0.216 e. The van der Waals surface area contributed by atoms with E-state index in [4.69, 9.17) is 0 Å². The first-order valence-corrected chi connectivity index (χ1v) is 10.2. The molecule has 0 atom stereocenters. The molecule has 2 aromatic rings. The molecule has 0 bridgehead atoms. The normalized spacial score (nSPS) is 11.5. The fraction of sp³-hybridized carbons (Fsp3) is 0.316. The van der Waals surface area contributed by atoms with Gasteiger partial charge in [0.1, 0.15) is 0 Å². The lowest BCUT2D eigenvalue weighted by Crippen LogP contribution is -2.23. The summed E-state index contributed by atoms with van der Waals surface area (Å²) in [5.74, 6) is -0.190. The number of amides is 1. The molecule has 27 heavy (non-hydrogen) atoms. The second-order valence-electron chi connectivity index (χ2n) is 6.26. The summed E-state index contributed by atoms with van der Waals surface area (Å²) in [6.45, 7) is 1.74. The highest BCUT2D eigenvalue weighted by Crippen LogP contribution is 2.22. The van der Waals surface area contributed by atoms with Gasteiger partial charge < -0.3 is 10.2 Å². The van der Waals surface area contributed by atoms with E-state index in [1.54, 1.807) is 12.1 Å². The molecule has 0 saturated heterocycles. The van der Waals surface area contributed by atoms with Crippen LogP contribution in [0.5, 0.6) is 0 Å². The minimum absolute atomic E-state index is 0.0215. The fourth-order valence-electron chi connectivity index (χ4n) is 2.30. The van der Waals surface area contributed by atoms with Crippen LogP contribution in [0, 0.1) is 0 Å². The van der Waals surface area contributed by atoms with Crippen LogP contribution in [0.2, 0.25) is 0 Å². The van der Waals surface area contributed by atoms with E-state index in [2.05, 4.69) is 15.5 Å². The SMILES string of the molecule is CC(=O)NCCCS(=O)(=O)c1ccc(N=Nc2ccc(N(C)C)cc2)cc1. The Kier molecular flexibility index (Phi) is 7.06. The van der Waals surface area contributed by atoms with Crippen LogP contribution in [-0.2, 0) is 14.6 Å². The summed E-state index contributed by atoms with van der Waals surface area (Å²) >= 11 is 0. The number of carbonyl (C=O) groups excluding carboxylic acids is 1. The fourth-order valence-corrected chi connectivity index (χ4v) is 3.61. The van der Waals surface area contributed by atoms with Gasteiger partial charge >= 0.3 is 0 Å². The summed E-state index contributed by atoms with van der Waals surface area (Å²) in [5.41, 5.74) is 2.36. The van der Waals surface area contributed by atoms with E-state index in [0.29, 0.717) is 18.7 Å². The zero-order valence-electron chi connectivity index (χ0n) is 15.7. The van der Waals surface area contributed by atoms with Gasteiger partial charge in [-0.2, -0.15) is 10.2 Å². The molecule has 2 rings (SSSR count). The molecule has 0 heterocycles. The summed E-state index contributed by atoms with van der Waals surface area (Å²) in [6, 6.07) is 13.9. The maximum absolute atomic E-state index is 12.3. The van der Waals surface area contributed by atoms with Gasteiger partial charge in [0, 0.05) is 33.3 Å². The van der Waals surface area contributed by atoms with E-state index in [-0.39, 0.29) is 16.6 Å². The molecular formula is C19H24N4O3S. The molecule has 1 N–H and O–H groups in total. The number of azo groups is 1. The van der Waals surface area contributed by atoms with Gasteiger partial charge in [0.25, 0.3) is 0 Å². The topological polar surface area (TPSA) is 91.2 Å². The Hall–Kier alpha value is -2.74. The van der Waals surface area contributed by atoms with E-state index in [9.17, 15) is 13.2 Å². The predicted molar refractivity (Wildman–Crippen MR) is 107 cm³/mol. The van der Waals surface area contributed by atoms with E-state index in [0.717, 1.165) is 11.4 Å². The van der Waals surface area contributed by atoms with Crippen molar-refractivity contribution in [1.29, 1.82) is 0 Å². The summed E-state index contributed by atoms with van der Waals surface area (Å²) in [5, 5.41) is 10.9. The van der Waals surface area contributed by atoms with Crippen LogP contribution in [0.25, 0.3) is 0 Å². The third kappa shape index (κ3) is 6.49. The smallest absolute Gasteiger partial charge is 0.216 e. The van der Waals surface area contributed by atoms with E-state index < -0.39 is 9.84 Å². The van der Waals surface area contributed by atoms with Crippen LogP contribution in [0.4, 0.5) is 17.1 Å². The monoisotopic (exact) mass is 388 g/mol. The van der Waals surface area contributed by atoms with Crippen molar-refractivity contribution in [3.8, 4) is 0 Å². The van der Waals surface area contributed by atoms with Crippen LogP contribution in [0.15, 0.2) is 63.7 Å². The minimum Gasteiger partial charge on any atom is -0.378 e. The van der Waals surface area contributed by atoms with Crippen molar-refractivity contribution in [2.45, 2.75) is 18.2 Å². The van der Waals surface area contributed by atoms with Gasteiger partial charge in [-0.05, 0) is 55.0 Å². The molecule has 0 radical (unpaired) electrons. The number of nitrogens with one attached hydrogen (secondary N) is 1. The number of sulfone groups is 1. The lowest BCUT2D eigenvalue weighted by atomic mass is 10.3. The van der Waals surface area contributed by atoms with E-state index in [1.807, 2.05) is 43.3 Å². The first kappa shape index (κ1) is 20.6. The third-order valence-corrected chi connectivity index (χ3v) is 5.62. The Morgan fingerprint density at radius 1 is 0.963 bits per heavy atom. The third-order valence-electron chi connectivity index (χ3n) is 3.81. The summed E-state index contributed by atoms with van der Waals surface area (Å²) in [6.07, 6.45) is 0.367. The van der Waals surface area contributed by atoms with Crippen molar-refractivity contribution in [1.82, 2.24) is 5.32 Å². The second kappa shape index (κ2) is 9.27. The molecule has 7 nitrogen and oxygen atoms in total.